The molecule has 1 amide bonds. The Bertz CT molecular complexity index is 960. The predicted molar refractivity (Wildman–Crippen MR) is 87.2 cm³/mol. The van der Waals surface area contributed by atoms with Crippen LogP contribution >= 0.6 is 0 Å². The van der Waals surface area contributed by atoms with Crippen LogP contribution in [0, 0.1) is 6.92 Å². The zero-order valence-corrected chi connectivity index (χ0v) is 12.6. The monoisotopic (exact) mass is 293 g/mol. The van der Waals surface area contributed by atoms with Gasteiger partial charge in [0.15, 0.2) is 11.5 Å². The van der Waals surface area contributed by atoms with Gasteiger partial charge in [-0.3, -0.25) is 4.79 Å². The quantitative estimate of drug-likeness (QED) is 0.729. The first kappa shape index (κ1) is 13.0. The van der Waals surface area contributed by atoms with Crippen LogP contribution in [-0.4, -0.2) is 20.1 Å². The number of hydrogen-bond donors (Lipinski definition) is 1. The number of anilines is 1. The van der Waals surface area contributed by atoms with E-state index >= 15 is 0 Å². The third-order valence-electron chi connectivity index (χ3n) is 4.21. The van der Waals surface area contributed by atoms with E-state index in [4.69, 9.17) is 9.47 Å². The molecule has 0 spiro atoms. The molecule has 0 fully saturated rings. The van der Waals surface area contributed by atoms with E-state index in [0.29, 0.717) is 17.1 Å². The van der Waals surface area contributed by atoms with Gasteiger partial charge in [-0.25, -0.2) is 0 Å². The maximum Gasteiger partial charge on any atom is 0.256 e. The standard InChI is InChI=1S/C18H15NO3/c1-9-4-5-10-7-12-15-13(19-18(12)20)8-14(21-2)17(22-3)16(15)11(10)6-9/h4-8H,1-3H3,(H,19,20). The summed E-state index contributed by atoms with van der Waals surface area (Å²) in [4.78, 5) is 12.3. The lowest BCUT2D eigenvalue weighted by molar-refractivity contribution is 0.103. The zero-order valence-electron chi connectivity index (χ0n) is 12.6. The number of nitrogens with one attached hydrogen (secondary N) is 1. The number of aryl methyl sites for hydroxylation is 1. The molecular formula is C18H15NO3. The first-order chi connectivity index (χ1) is 10.6. The van der Waals surface area contributed by atoms with E-state index in [-0.39, 0.29) is 5.91 Å². The summed E-state index contributed by atoms with van der Waals surface area (Å²) in [6, 6.07) is 9.95. The number of benzene rings is 3. The fourth-order valence-corrected chi connectivity index (χ4v) is 3.24. The SMILES string of the molecule is COc1cc2c3c(cc4ccc(C)cc4c3c1OC)C(=O)N2. The predicted octanol–water partition coefficient (Wildman–Crippen LogP) is 3.88. The molecule has 1 heterocycles. The summed E-state index contributed by atoms with van der Waals surface area (Å²) in [5.74, 6) is 1.19. The van der Waals surface area contributed by atoms with Gasteiger partial charge >= 0.3 is 0 Å². The van der Waals surface area contributed by atoms with Crippen molar-refractivity contribution in [2.45, 2.75) is 6.92 Å². The highest BCUT2D eigenvalue weighted by Gasteiger charge is 2.27. The third kappa shape index (κ3) is 1.55. The average Bonchev–Trinajstić information content (AvgIpc) is 2.83. The average molecular weight is 293 g/mol. The molecule has 110 valence electrons. The van der Waals surface area contributed by atoms with Gasteiger partial charge in [0.1, 0.15) is 0 Å². The summed E-state index contributed by atoms with van der Waals surface area (Å²) in [6.07, 6.45) is 0. The van der Waals surface area contributed by atoms with Gasteiger partial charge < -0.3 is 14.8 Å². The molecule has 4 rings (SSSR count). The van der Waals surface area contributed by atoms with Gasteiger partial charge in [0, 0.05) is 16.8 Å². The Hall–Kier alpha value is -2.75. The molecule has 1 aliphatic heterocycles. The molecule has 0 aromatic heterocycles. The first-order valence-corrected chi connectivity index (χ1v) is 7.07. The number of rotatable bonds is 2. The van der Waals surface area contributed by atoms with Crippen LogP contribution in [0.2, 0.25) is 0 Å². The highest BCUT2D eigenvalue weighted by atomic mass is 16.5. The Morgan fingerprint density at radius 2 is 1.82 bits per heavy atom. The molecule has 0 saturated heterocycles. The molecule has 4 nitrogen and oxygen atoms in total. The van der Waals surface area contributed by atoms with Crippen molar-refractivity contribution in [2.75, 3.05) is 19.5 Å². The lowest BCUT2D eigenvalue weighted by Gasteiger charge is -2.14. The van der Waals surface area contributed by atoms with Gasteiger partial charge in [-0.1, -0.05) is 23.8 Å². The van der Waals surface area contributed by atoms with Crippen molar-refractivity contribution < 1.29 is 14.3 Å². The van der Waals surface area contributed by atoms with Crippen LogP contribution in [0.15, 0.2) is 30.3 Å². The molecule has 0 bridgehead atoms. The van der Waals surface area contributed by atoms with Crippen molar-refractivity contribution in [1.29, 1.82) is 0 Å². The van der Waals surface area contributed by atoms with Crippen LogP contribution in [0.1, 0.15) is 15.9 Å². The molecule has 0 aliphatic carbocycles. The lowest BCUT2D eigenvalue weighted by Crippen LogP contribution is -2.03. The fourth-order valence-electron chi connectivity index (χ4n) is 3.24. The Morgan fingerprint density at radius 1 is 1.00 bits per heavy atom. The Labute approximate surface area is 127 Å². The summed E-state index contributed by atoms with van der Waals surface area (Å²) < 4.78 is 11.1. The number of hydrogen-bond acceptors (Lipinski definition) is 3. The molecule has 0 saturated carbocycles. The molecule has 0 unspecified atom stereocenters. The molecule has 1 N–H and O–H groups in total. The van der Waals surface area contributed by atoms with Gasteiger partial charge in [0.05, 0.1) is 25.5 Å². The highest BCUT2D eigenvalue weighted by molar-refractivity contribution is 6.30. The maximum atomic E-state index is 12.3. The van der Waals surface area contributed by atoms with Gasteiger partial charge in [0.25, 0.3) is 5.91 Å². The van der Waals surface area contributed by atoms with Gasteiger partial charge in [-0.15, -0.1) is 0 Å². The molecule has 4 heteroatoms. The number of fused-ring (bicyclic) bond motifs is 2. The number of ether oxygens (including phenoxy) is 2. The van der Waals surface area contributed by atoms with Crippen LogP contribution < -0.4 is 14.8 Å². The van der Waals surface area contributed by atoms with Crippen molar-refractivity contribution in [1.82, 2.24) is 0 Å². The minimum atomic E-state index is -0.0854. The molecule has 22 heavy (non-hydrogen) atoms. The number of methoxy groups -OCH3 is 2. The van der Waals surface area contributed by atoms with E-state index in [1.165, 1.54) is 0 Å². The summed E-state index contributed by atoms with van der Waals surface area (Å²) in [7, 11) is 3.23. The van der Waals surface area contributed by atoms with Crippen molar-refractivity contribution in [3.05, 3.63) is 41.5 Å². The van der Waals surface area contributed by atoms with Crippen LogP contribution in [0.25, 0.3) is 21.5 Å². The van der Waals surface area contributed by atoms with Gasteiger partial charge in [-0.05, 0) is 23.8 Å². The number of amides is 1. The molecular weight excluding hydrogens is 278 g/mol. The van der Waals surface area contributed by atoms with Gasteiger partial charge in [0.2, 0.25) is 0 Å². The normalized spacial score (nSPS) is 12.8. The van der Waals surface area contributed by atoms with Crippen molar-refractivity contribution in [3.63, 3.8) is 0 Å². The van der Waals surface area contributed by atoms with E-state index in [1.54, 1.807) is 14.2 Å². The topological polar surface area (TPSA) is 47.6 Å². The molecule has 0 radical (unpaired) electrons. The second-order valence-corrected chi connectivity index (χ2v) is 5.51. The zero-order chi connectivity index (χ0) is 15.4. The van der Waals surface area contributed by atoms with E-state index in [0.717, 1.165) is 32.8 Å². The van der Waals surface area contributed by atoms with Crippen LogP contribution in [0.5, 0.6) is 11.5 Å². The Balaban J connectivity index is 2.32. The smallest absolute Gasteiger partial charge is 0.256 e. The first-order valence-electron chi connectivity index (χ1n) is 7.07. The summed E-state index contributed by atoms with van der Waals surface area (Å²) in [5.41, 5.74) is 2.62. The fraction of sp³-hybridized carbons (Fsp3) is 0.167. The van der Waals surface area contributed by atoms with E-state index in [2.05, 4.69) is 18.3 Å². The highest BCUT2D eigenvalue weighted by Crippen LogP contribution is 2.47. The third-order valence-corrected chi connectivity index (χ3v) is 4.21. The van der Waals surface area contributed by atoms with Crippen molar-refractivity contribution >= 4 is 33.1 Å². The minimum absolute atomic E-state index is 0.0854. The number of carbonyl (C=O) groups excluding carboxylic acids is 1. The van der Waals surface area contributed by atoms with E-state index < -0.39 is 0 Å². The van der Waals surface area contributed by atoms with E-state index in [1.807, 2.05) is 24.3 Å². The second kappa shape index (κ2) is 4.37. The van der Waals surface area contributed by atoms with Crippen molar-refractivity contribution in [3.8, 4) is 11.5 Å². The van der Waals surface area contributed by atoms with Crippen LogP contribution in [0.3, 0.4) is 0 Å². The minimum Gasteiger partial charge on any atom is -0.493 e. The van der Waals surface area contributed by atoms with Crippen LogP contribution in [-0.2, 0) is 0 Å². The largest absolute Gasteiger partial charge is 0.493 e. The number of carbonyl (C=O) groups is 1. The molecule has 1 aliphatic rings. The molecule has 0 atom stereocenters. The Morgan fingerprint density at radius 3 is 2.55 bits per heavy atom. The second-order valence-electron chi connectivity index (χ2n) is 5.51. The van der Waals surface area contributed by atoms with Crippen LogP contribution in [0.4, 0.5) is 5.69 Å². The summed E-state index contributed by atoms with van der Waals surface area (Å²) in [6.45, 7) is 2.05. The maximum absolute atomic E-state index is 12.3. The summed E-state index contributed by atoms with van der Waals surface area (Å²) >= 11 is 0. The van der Waals surface area contributed by atoms with Gasteiger partial charge in [-0.2, -0.15) is 0 Å². The Kier molecular flexibility index (Phi) is 2.57. The lowest BCUT2D eigenvalue weighted by atomic mass is 9.95. The van der Waals surface area contributed by atoms with Crippen molar-refractivity contribution in [2.24, 2.45) is 0 Å². The molecule has 3 aromatic carbocycles. The van der Waals surface area contributed by atoms with E-state index in [9.17, 15) is 4.79 Å². The summed E-state index contributed by atoms with van der Waals surface area (Å²) in [5, 5.41) is 6.82. The molecule has 3 aromatic rings.